The summed E-state index contributed by atoms with van der Waals surface area (Å²) in [5, 5.41) is 12.1. The van der Waals surface area contributed by atoms with Gasteiger partial charge >= 0.3 is 0 Å². The lowest BCUT2D eigenvalue weighted by Gasteiger charge is -2.25. The first-order valence-electron chi connectivity index (χ1n) is 7.43. The minimum Gasteiger partial charge on any atom is -0.507 e. The highest BCUT2D eigenvalue weighted by atomic mass is 16.3. The topological polar surface area (TPSA) is 40.5 Å². The van der Waals surface area contributed by atoms with E-state index in [0.29, 0.717) is 5.56 Å². The van der Waals surface area contributed by atoms with E-state index in [1.165, 1.54) is 6.42 Å². The smallest absolute Gasteiger partial charge is 0.246 e. The predicted octanol–water partition coefficient (Wildman–Crippen LogP) is 3.57. The number of likely N-dealkylation sites (tertiary alicyclic amines) is 1. The molecule has 0 spiro atoms. The largest absolute Gasteiger partial charge is 0.507 e. The van der Waals surface area contributed by atoms with E-state index < -0.39 is 0 Å². The van der Waals surface area contributed by atoms with Crippen LogP contribution >= 0.6 is 0 Å². The molecule has 2 aromatic rings. The van der Waals surface area contributed by atoms with Crippen LogP contribution in [-0.4, -0.2) is 29.0 Å². The molecule has 3 heteroatoms. The Balaban J connectivity index is 1.82. The molecule has 0 unspecified atom stereocenters. The number of hydrogen-bond donors (Lipinski definition) is 1. The molecule has 1 N–H and O–H groups in total. The van der Waals surface area contributed by atoms with Crippen LogP contribution in [0.5, 0.6) is 5.75 Å². The van der Waals surface area contributed by atoms with Crippen LogP contribution in [0.15, 0.2) is 42.5 Å². The van der Waals surface area contributed by atoms with Gasteiger partial charge in [-0.3, -0.25) is 4.79 Å². The molecule has 0 aromatic heterocycles. The second kappa shape index (κ2) is 6.00. The number of hydrogen-bond acceptors (Lipinski definition) is 2. The Morgan fingerprint density at radius 3 is 2.62 bits per heavy atom. The Morgan fingerprint density at radius 2 is 1.81 bits per heavy atom. The third kappa shape index (κ3) is 2.92. The number of piperidine rings is 1. The van der Waals surface area contributed by atoms with E-state index in [2.05, 4.69) is 0 Å². The number of aromatic hydroxyl groups is 1. The van der Waals surface area contributed by atoms with E-state index in [-0.39, 0.29) is 11.7 Å². The monoisotopic (exact) mass is 281 g/mol. The van der Waals surface area contributed by atoms with Crippen molar-refractivity contribution in [3.05, 3.63) is 48.0 Å². The zero-order valence-electron chi connectivity index (χ0n) is 12.0. The van der Waals surface area contributed by atoms with Crippen molar-refractivity contribution in [2.75, 3.05) is 13.1 Å². The van der Waals surface area contributed by atoms with Crippen LogP contribution in [0.3, 0.4) is 0 Å². The standard InChI is InChI=1S/C18H19NO2/c20-17(19-12-4-1-5-13-19)11-10-15-9-8-14-6-2-3-7-16(14)18(15)21/h2-3,6-11,21H,1,4-5,12-13H2. The summed E-state index contributed by atoms with van der Waals surface area (Å²) in [6.45, 7) is 1.68. The summed E-state index contributed by atoms with van der Waals surface area (Å²) >= 11 is 0. The summed E-state index contributed by atoms with van der Waals surface area (Å²) in [6.07, 6.45) is 6.65. The molecule has 0 saturated carbocycles. The second-order valence-electron chi connectivity index (χ2n) is 5.44. The summed E-state index contributed by atoms with van der Waals surface area (Å²) < 4.78 is 0. The molecular weight excluding hydrogens is 262 g/mol. The molecule has 1 aliphatic rings. The first kappa shape index (κ1) is 13.7. The number of fused-ring (bicyclic) bond motifs is 1. The second-order valence-corrected chi connectivity index (χ2v) is 5.44. The average Bonchev–Trinajstić information content (AvgIpc) is 2.55. The molecule has 0 bridgehead atoms. The Labute approximate surface area is 124 Å². The number of benzene rings is 2. The van der Waals surface area contributed by atoms with Crippen LogP contribution in [0.2, 0.25) is 0 Å². The molecule has 1 heterocycles. The van der Waals surface area contributed by atoms with Crippen LogP contribution in [0.1, 0.15) is 24.8 Å². The lowest BCUT2D eigenvalue weighted by Crippen LogP contribution is -2.34. The van der Waals surface area contributed by atoms with Gasteiger partial charge in [-0.2, -0.15) is 0 Å². The summed E-state index contributed by atoms with van der Waals surface area (Å²) in [4.78, 5) is 14.0. The third-order valence-corrected chi connectivity index (χ3v) is 4.01. The van der Waals surface area contributed by atoms with E-state index in [1.807, 2.05) is 41.3 Å². The van der Waals surface area contributed by atoms with Crippen LogP contribution in [0.25, 0.3) is 16.8 Å². The number of phenolic OH excluding ortho intramolecular Hbond substituents is 1. The molecule has 0 radical (unpaired) electrons. The van der Waals surface area contributed by atoms with Gasteiger partial charge < -0.3 is 10.0 Å². The average molecular weight is 281 g/mol. The molecule has 1 saturated heterocycles. The third-order valence-electron chi connectivity index (χ3n) is 4.01. The normalized spacial score (nSPS) is 15.7. The Bertz CT molecular complexity index is 685. The molecule has 21 heavy (non-hydrogen) atoms. The van der Waals surface area contributed by atoms with Gasteiger partial charge in [0.25, 0.3) is 0 Å². The van der Waals surface area contributed by atoms with Crippen molar-refractivity contribution in [1.29, 1.82) is 0 Å². The number of carbonyl (C=O) groups excluding carboxylic acids is 1. The van der Waals surface area contributed by atoms with Gasteiger partial charge in [-0.1, -0.05) is 36.4 Å². The Kier molecular flexibility index (Phi) is 3.91. The lowest BCUT2D eigenvalue weighted by molar-refractivity contribution is -0.126. The minimum atomic E-state index is 0.0299. The number of amides is 1. The van der Waals surface area contributed by atoms with Crippen LogP contribution < -0.4 is 0 Å². The van der Waals surface area contributed by atoms with Gasteiger partial charge in [-0.05, 0) is 30.7 Å². The first-order chi connectivity index (χ1) is 10.3. The van der Waals surface area contributed by atoms with Crippen molar-refractivity contribution in [2.45, 2.75) is 19.3 Å². The highest BCUT2D eigenvalue weighted by molar-refractivity contribution is 5.95. The number of carbonyl (C=O) groups is 1. The van der Waals surface area contributed by atoms with Gasteiger partial charge in [0.2, 0.25) is 5.91 Å². The summed E-state index contributed by atoms with van der Waals surface area (Å²) in [7, 11) is 0. The van der Waals surface area contributed by atoms with E-state index >= 15 is 0 Å². The van der Waals surface area contributed by atoms with Crippen molar-refractivity contribution in [3.8, 4) is 5.75 Å². The maximum absolute atomic E-state index is 12.1. The molecule has 1 aliphatic heterocycles. The van der Waals surface area contributed by atoms with E-state index in [0.717, 1.165) is 36.7 Å². The fourth-order valence-corrected chi connectivity index (χ4v) is 2.79. The van der Waals surface area contributed by atoms with Gasteiger partial charge in [0.1, 0.15) is 5.75 Å². The highest BCUT2D eigenvalue weighted by Gasteiger charge is 2.14. The molecule has 1 amide bonds. The minimum absolute atomic E-state index is 0.0299. The number of phenols is 1. The molecule has 1 fully saturated rings. The first-order valence-corrected chi connectivity index (χ1v) is 7.43. The predicted molar refractivity (Wildman–Crippen MR) is 85.1 cm³/mol. The van der Waals surface area contributed by atoms with Gasteiger partial charge in [0, 0.05) is 30.1 Å². The highest BCUT2D eigenvalue weighted by Crippen LogP contribution is 2.29. The van der Waals surface area contributed by atoms with Gasteiger partial charge in [0.15, 0.2) is 0 Å². The molecule has 3 rings (SSSR count). The Morgan fingerprint density at radius 1 is 1.05 bits per heavy atom. The van der Waals surface area contributed by atoms with Crippen molar-refractivity contribution >= 4 is 22.8 Å². The summed E-state index contributed by atoms with van der Waals surface area (Å²) in [5.41, 5.74) is 0.680. The number of rotatable bonds is 2. The van der Waals surface area contributed by atoms with Gasteiger partial charge in [-0.15, -0.1) is 0 Å². The van der Waals surface area contributed by atoms with Gasteiger partial charge in [-0.25, -0.2) is 0 Å². The van der Waals surface area contributed by atoms with E-state index in [9.17, 15) is 9.90 Å². The van der Waals surface area contributed by atoms with Crippen molar-refractivity contribution in [2.24, 2.45) is 0 Å². The fourth-order valence-electron chi connectivity index (χ4n) is 2.79. The molecule has 2 aromatic carbocycles. The van der Waals surface area contributed by atoms with Crippen molar-refractivity contribution in [1.82, 2.24) is 4.90 Å². The van der Waals surface area contributed by atoms with E-state index in [1.54, 1.807) is 12.2 Å². The maximum Gasteiger partial charge on any atom is 0.246 e. The Hall–Kier alpha value is -2.29. The number of nitrogens with zero attached hydrogens (tertiary/aromatic N) is 1. The molecular formula is C18H19NO2. The molecule has 108 valence electrons. The van der Waals surface area contributed by atoms with Crippen molar-refractivity contribution in [3.63, 3.8) is 0 Å². The van der Waals surface area contributed by atoms with Crippen LogP contribution in [0, 0.1) is 0 Å². The summed E-state index contributed by atoms with van der Waals surface area (Å²) in [6, 6.07) is 11.5. The molecule has 0 atom stereocenters. The SMILES string of the molecule is O=C(C=Cc1ccc2ccccc2c1O)N1CCCCC1. The quantitative estimate of drug-likeness (QED) is 0.855. The van der Waals surface area contributed by atoms with E-state index in [4.69, 9.17) is 0 Å². The fraction of sp³-hybridized carbons (Fsp3) is 0.278. The zero-order valence-corrected chi connectivity index (χ0v) is 12.0. The molecule has 3 nitrogen and oxygen atoms in total. The van der Waals surface area contributed by atoms with Crippen LogP contribution in [0.4, 0.5) is 0 Å². The molecule has 0 aliphatic carbocycles. The van der Waals surface area contributed by atoms with Gasteiger partial charge in [0.05, 0.1) is 0 Å². The maximum atomic E-state index is 12.1. The van der Waals surface area contributed by atoms with Crippen LogP contribution in [-0.2, 0) is 4.79 Å². The summed E-state index contributed by atoms with van der Waals surface area (Å²) in [5.74, 6) is 0.262. The zero-order chi connectivity index (χ0) is 14.7. The van der Waals surface area contributed by atoms with Crippen molar-refractivity contribution < 1.29 is 9.90 Å². The lowest BCUT2D eigenvalue weighted by atomic mass is 10.0.